The van der Waals surface area contributed by atoms with Crippen molar-refractivity contribution < 1.29 is 9.53 Å². The maximum atomic E-state index is 11.8. The van der Waals surface area contributed by atoms with Crippen molar-refractivity contribution in [3.05, 3.63) is 46.0 Å². The van der Waals surface area contributed by atoms with Gasteiger partial charge in [-0.15, -0.1) is 0 Å². The van der Waals surface area contributed by atoms with Crippen LogP contribution in [0, 0.1) is 18.6 Å². The summed E-state index contributed by atoms with van der Waals surface area (Å²) in [4.78, 5) is 11.8. The van der Waals surface area contributed by atoms with Gasteiger partial charge in [-0.2, -0.15) is 5.10 Å². The lowest BCUT2D eigenvalue weighted by atomic mass is 10.1. The molecule has 2 rings (SSSR count). The van der Waals surface area contributed by atoms with Gasteiger partial charge in [-0.25, -0.2) is 5.43 Å². The number of imidazole rings is 1. The second-order valence-electron chi connectivity index (χ2n) is 5.41. The number of aryl methyl sites for hydroxylation is 3. The molecule has 0 aliphatic rings. The van der Waals surface area contributed by atoms with Crippen LogP contribution in [0.25, 0.3) is 0 Å². The van der Waals surface area contributed by atoms with Gasteiger partial charge in [-0.1, -0.05) is 6.07 Å². The van der Waals surface area contributed by atoms with Crippen LogP contribution in [0.5, 0.6) is 5.75 Å². The summed E-state index contributed by atoms with van der Waals surface area (Å²) in [6, 6.07) is 5.82. The van der Waals surface area contributed by atoms with E-state index in [-0.39, 0.29) is 12.5 Å². The molecule has 0 fully saturated rings. The average molecular weight is 332 g/mol. The van der Waals surface area contributed by atoms with Crippen molar-refractivity contribution in [2.24, 2.45) is 19.2 Å². The Balaban J connectivity index is 1.88. The van der Waals surface area contributed by atoms with E-state index in [0.29, 0.717) is 10.5 Å². The molecule has 7 heteroatoms. The van der Waals surface area contributed by atoms with Gasteiger partial charge in [0.25, 0.3) is 5.91 Å². The number of benzene rings is 1. The second-order valence-corrected chi connectivity index (χ2v) is 5.78. The highest BCUT2D eigenvalue weighted by atomic mass is 32.1. The minimum Gasteiger partial charge on any atom is -0.484 e. The molecule has 0 aliphatic carbocycles. The monoisotopic (exact) mass is 332 g/mol. The number of rotatable bonds is 5. The van der Waals surface area contributed by atoms with Crippen LogP contribution in [-0.2, 0) is 18.9 Å². The third kappa shape index (κ3) is 4.53. The minimum absolute atomic E-state index is 0.0898. The third-order valence-corrected chi connectivity index (χ3v) is 3.81. The van der Waals surface area contributed by atoms with Crippen molar-refractivity contribution in [3.8, 4) is 5.75 Å². The van der Waals surface area contributed by atoms with E-state index in [9.17, 15) is 4.79 Å². The number of hydrazone groups is 1. The lowest BCUT2D eigenvalue weighted by molar-refractivity contribution is -0.123. The Morgan fingerprint density at radius 3 is 2.52 bits per heavy atom. The molecule has 0 radical (unpaired) electrons. The summed E-state index contributed by atoms with van der Waals surface area (Å²) in [7, 11) is 3.70. The SMILES string of the molecule is Cc1cc(C)cc(OCC(=O)N/N=C\c2cn(C)c(=S)n2C)c1. The van der Waals surface area contributed by atoms with E-state index >= 15 is 0 Å². The first-order chi connectivity index (χ1) is 10.9. The first-order valence-electron chi connectivity index (χ1n) is 7.12. The predicted molar refractivity (Wildman–Crippen MR) is 92.4 cm³/mol. The standard InChI is InChI=1S/C16H20N4O2S/c1-11-5-12(2)7-14(6-11)22-10-15(21)18-17-8-13-9-19(3)16(23)20(13)4/h5-9H,10H2,1-4H3,(H,18,21)/b17-8-. The number of hydrogen-bond acceptors (Lipinski definition) is 4. The Morgan fingerprint density at radius 2 is 1.96 bits per heavy atom. The summed E-state index contributed by atoms with van der Waals surface area (Å²) in [5, 5.41) is 3.92. The molecule has 1 aromatic heterocycles. The molecule has 0 atom stereocenters. The zero-order valence-electron chi connectivity index (χ0n) is 13.7. The van der Waals surface area contributed by atoms with Gasteiger partial charge in [0, 0.05) is 20.3 Å². The first-order valence-corrected chi connectivity index (χ1v) is 7.53. The molecule has 122 valence electrons. The average Bonchev–Trinajstić information content (AvgIpc) is 2.72. The molecule has 23 heavy (non-hydrogen) atoms. The van der Waals surface area contributed by atoms with Crippen molar-refractivity contribution in [1.82, 2.24) is 14.6 Å². The smallest absolute Gasteiger partial charge is 0.277 e. The maximum absolute atomic E-state index is 11.8. The van der Waals surface area contributed by atoms with Crippen molar-refractivity contribution in [1.29, 1.82) is 0 Å². The fourth-order valence-electron chi connectivity index (χ4n) is 2.18. The van der Waals surface area contributed by atoms with Gasteiger partial charge in [0.1, 0.15) is 5.75 Å². The highest BCUT2D eigenvalue weighted by molar-refractivity contribution is 7.71. The number of nitrogens with one attached hydrogen (secondary N) is 1. The van der Waals surface area contributed by atoms with E-state index in [1.165, 1.54) is 0 Å². The Hall–Kier alpha value is -2.41. The largest absolute Gasteiger partial charge is 0.484 e. The van der Waals surface area contributed by atoms with Gasteiger partial charge >= 0.3 is 0 Å². The molecule has 0 bridgehead atoms. The molecule has 2 aromatic rings. The normalized spacial score (nSPS) is 11.0. The molecule has 1 heterocycles. The van der Waals surface area contributed by atoms with E-state index in [1.807, 2.05) is 56.9 Å². The van der Waals surface area contributed by atoms with E-state index < -0.39 is 0 Å². The number of ether oxygens (including phenoxy) is 1. The summed E-state index contributed by atoms with van der Waals surface area (Å²) in [5.74, 6) is 0.351. The Kier molecular flexibility index (Phi) is 5.33. The van der Waals surface area contributed by atoms with Crippen LogP contribution in [0.3, 0.4) is 0 Å². The Labute approximate surface area is 140 Å². The molecule has 0 aliphatic heterocycles. The molecule has 6 nitrogen and oxygen atoms in total. The lowest BCUT2D eigenvalue weighted by Gasteiger charge is -2.07. The molecular formula is C16H20N4O2S. The number of hydrogen-bond donors (Lipinski definition) is 1. The summed E-state index contributed by atoms with van der Waals surface area (Å²) in [6.07, 6.45) is 3.38. The van der Waals surface area contributed by atoms with E-state index in [2.05, 4.69) is 10.5 Å². The second kappa shape index (κ2) is 7.23. The molecule has 0 saturated carbocycles. The quantitative estimate of drug-likeness (QED) is 0.519. The van der Waals surface area contributed by atoms with E-state index in [1.54, 1.807) is 10.8 Å². The Morgan fingerprint density at radius 1 is 1.30 bits per heavy atom. The van der Waals surface area contributed by atoms with Crippen molar-refractivity contribution in [2.75, 3.05) is 6.61 Å². The van der Waals surface area contributed by atoms with Gasteiger partial charge < -0.3 is 13.9 Å². The summed E-state index contributed by atoms with van der Waals surface area (Å²) in [5.41, 5.74) is 5.42. The fraction of sp³-hybridized carbons (Fsp3) is 0.312. The van der Waals surface area contributed by atoms with Gasteiger partial charge in [0.2, 0.25) is 0 Å². The third-order valence-electron chi connectivity index (χ3n) is 3.25. The topological polar surface area (TPSA) is 60.5 Å². The van der Waals surface area contributed by atoms with Crippen molar-refractivity contribution in [3.63, 3.8) is 0 Å². The summed E-state index contributed by atoms with van der Waals surface area (Å²) >= 11 is 5.19. The van der Waals surface area contributed by atoms with Crippen LogP contribution < -0.4 is 10.2 Å². The molecule has 1 aromatic carbocycles. The van der Waals surface area contributed by atoms with Crippen LogP contribution in [-0.4, -0.2) is 27.9 Å². The van der Waals surface area contributed by atoms with E-state index in [0.717, 1.165) is 16.8 Å². The number of nitrogens with zero attached hydrogens (tertiary/aromatic N) is 3. The molecule has 0 unspecified atom stereocenters. The van der Waals surface area contributed by atoms with Crippen LogP contribution in [0.4, 0.5) is 0 Å². The zero-order chi connectivity index (χ0) is 17.0. The number of carbonyl (C=O) groups excluding carboxylic acids is 1. The summed E-state index contributed by atoms with van der Waals surface area (Å²) < 4.78 is 9.75. The summed E-state index contributed by atoms with van der Waals surface area (Å²) in [6.45, 7) is 3.88. The molecular weight excluding hydrogens is 312 g/mol. The number of carbonyl (C=O) groups is 1. The molecule has 0 saturated heterocycles. The van der Waals surface area contributed by atoms with Crippen LogP contribution in [0.15, 0.2) is 29.5 Å². The molecule has 0 spiro atoms. The van der Waals surface area contributed by atoms with Crippen molar-refractivity contribution >= 4 is 24.3 Å². The fourth-order valence-corrected chi connectivity index (χ4v) is 2.33. The van der Waals surface area contributed by atoms with Crippen LogP contribution >= 0.6 is 12.2 Å². The zero-order valence-corrected chi connectivity index (χ0v) is 14.5. The van der Waals surface area contributed by atoms with Gasteiger partial charge in [-0.05, 0) is 49.3 Å². The van der Waals surface area contributed by atoms with Gasteiger partial charge in [0.15, 0.2) is 11.4 Å². The highest BCUT2D eigenvalue weighted by Gasteiger charge is 2.03. The van der Waals surface area contributed by atoms with Crippen molar-refractivity contribution in [2.45, 2.75) is 13.8 Å². The highest BCUT2D eigenvalue weighted by Crippen LogP contribution is 2.15. The molecule has 1 N–H and O–H groups in total. The van der Waals surface area contributed by atoms with Gasteiger partial charge in [-0.3, -0.25) is 4.79 Å². The van der Waals surface area contributed by atoms with Crippen LogP contribution in [0.2, 0.25) is 0 Å². The Bertz CT molecular complexity index is 785. The lowest BCUT2D eigenvalue weighted by Crippen LogP contribution is -2.24. The predicted octanol–water partition coefficient (Wildman–Crippen LogP) is 2.24. The number of amides is 1. The first kappa shape index (κ1) is 17.0. The van der Waals surface area contributed by atoms with Gasteiger partial charge in [0.05, 0.1) is 11.9 Å². The minimum atomic E-state index is -0.322. The van der Waals surface area contributed by atoms with Crippen LogP contribution in [0.1, 0.15) is 16.8 Å². The van der Waals surface area contributed by atoms with E-state index in [4.69, 9.17) is 17.0 Å². The number of aromatic nitrogens is 2. The molecule has 1 amide bonds. The maximum Gasteiger partial charge on any atom is 0.277 e.